The second kappa shape index (κ2) is 12.5. The van der Waals surface area contributed by atoms with Gasteiger partial charge in [-0.2, -0.15) is 0 Å². The van der Waals surface area contributed by atoms with Gasteiger partial charge in [0, 0.05) is 23.5 Å². The van der Waals surface area contributed by atoms with Crippen LogP contribution in [0.2, 0.25) is 0 Å². The first-order chi connectivity index (χ1) is 16.9. The number of benzene rings is 2. The number of rotatable bonds is 6. The van der Waals surface area contributed by atoms with E-state index in [0.29, 0.717) is 16.8 Å². The first-order valence-electron chi connectivity index (χ1n) is 11.7. The van der Waals surface area contributed by atoms with E-state index in [-0.39, 0.29) is 41.6 Å². The number of methoxy groups -OCH3 is 1. The molecule has 0 spiro atoms. The van der Waals surface area contributed by atoms with Gasteiger partial charge in [0.05, 0.1) is 18.5 Å². The molecule has 0 heterocycles. The third-order valence-electron chi connectivity index (χ3n) is 5.75. The van der Waals surface area contributed by atoms with E-state index in [1.807, 2.05) is 6.07 Å². The van der Waals surface area contributed by atoms with Crippen molar-refractivity contribution in [2.24, 2.45) is 10.9 Å². The number of nitrogens with zero attached hydrogens (tertiary/aromatic N) is 1. The first kappa shape index (κ1) is 25.6. The minimum absolute atomic E-state index is 0.0985. The van der Waals surface area contributed by atoms with E-state index in [1.165, 1.54) is 13.2 Å². The van der Waals surface area contributed by atoms with E-state index in [4.69, 9.17) is 0 Å². The highest BCUT2D eigenvalue weighted by molar-refractivity contribution is 6.11. The van der Waals surface area contributed by atoms with Gasteiger partial charge in [-0.05, 0) is 31.0 Å². The largest absolute Gasteiger partial charge is 0.453 e. The monoisotopic (exact) mass is 478 g/mol. The van der Waals surface area contributed by atoms with Gasteiger partial charge in [0.2, 0.25) is 17.8 Å². The summed E-state index contributed by atoms with van der Waals surface area (Å²) < 4.78 is 4.62. The Balaban J connectivity index is 2.00. The minimum atomic E-state index is -0.829. The fraction of sp³-hybridized carbons (Fsp3) is 0.346. The van der Waals surface area contributed by atoms with Crippen LogP contribution in [0.1, 0.15) is 61.4 Å². The number of nitrogens with one attached hydrogen (secondary N) is 3. The van der Waals surface area contributed by atoms with Gasteiger partial charge in [-0.15, -0.1) is 0 Å². The van der Waals surface area contributed by atoms with Gasteiger partial charge in [0.15, 0.2) is 5.78 Å². The number of ketones is 1. The van der Waals surface area contributed by atoms with Crippen LogP contribution in [-0.4, -0.2) is 36.8 Å². The molecule has 0 atom stereocenters. The van der Waals surface area contributed by atoms with Crippen molar-refractivity contribution >= 4 is 41.0 Å². The molecule has 3 rings (SSSR count). The Hall–Kier alpha value is -4.01. The van der Waals surface area contributed by atoms with Crippen LogP contribution in [0.15, 0.2) is 53.5 Å². The van der Waals surface area contributed by atoms with Gasteiger partial charge < -0.3 is 10.1 Å². The summed E-state index contributed by atoms with van der Waals surface area (Å²) in [7, 11) is 1.18. The van der Waals surface area contributed by atoms with Crippen LogP contribution in [0.3, 0.4) is 0 Å². The van der Waals surface area contributed by atoms with Gasteiger partial charge in [-0.25, -0.2) is 9.79 Å². The molecule has 0 aromatic heterocycles. The molecule has 3 amide bonds. The van der Waals surface area contributed by atoms with Crippen LogP contribution in [0.4, 0.5) is 16.2 Å². The van der Waals surface area contributed by atoms with Crippen LogP contribution in [0.5, 0.6) is 0 Å². The Bertz CT molecular complexity index is 1090. The Morgan fingerprint density at radius 2 is 1.66 bits per heavy atom. The van der Waals surface area contributed by atoms with E-state index < -0.39 is 6.09 Å². The minimum Gasteiger partial charge on any atom is -0.453 e. The smallest absolute Gasteiger partial charge is 0.413 e. The van der Waals surface area contributed by atoms with Crippen LogP contribution in [-0.2, 0) is 14.3 Å². The van der Waals surface area contributed by atoms with E-state index in [0.717, 1.165) is 32.1 Å². The van der Waals surface area contributed by atoms with Crippen LogP contribution >= 0.6 is 0 Å². The average Bonchev–Trinajstić information content (AvgIpc) is 2.89. The SMILES string of the molecule is CCC(=O)NC(=Nc1cc(C(=O)c2ccccc2)ccc1NC(=O)C1CCCCC1)NC(=O)OC. The molecule has 1 fully saturated rings. The van der Waals surface area contributed by atoms with Crippen LogP contribution in [0, 0.1) is 5.92 Å². The average molecular weight is 479 g/mol. The molecule has 184 valence electrons. The first-order valence-corrected chi connectivity index (χ1v) is 11.7. The molecule has 2 aromatic rings. The van der Waals surface area contributed by atoms with E-state index in [9.17, 15) is 19.2 Å². The van der Waals surface area contributed by atoms with Crippen LogP contribution < -0.4 is 16.0 Å². The molecule has 1 saturated carbocycles. The lowest BCUT2D eigenvalue weighted by atomic mass is 9.88. The molecule has 1 aliphatic rings. The lowest BCUT2D eigenvalue weighted by molar-refractivity contribution is -0.121. The second-order valence-electron chi connectivity index (χ2n) is 8.23. The third-order valence-corrected chi connectivity index (χ3v) is 5.75. The van der Waals surface area contributed by atoms with Crippen molar-refractivity contribution in [3.05, 3.63) is 59.7 Å². The lowest BCUT2D eigenvalue weighted by Gasteiger charge is -2.21. The molecular weight excluding hydrogens is 448 g/mol. The zero-order valence-corrected chi connectivity index (χ0v) is 19.9. The quantitative estimate of drug-likeness (QED) is 0.324. The fourth-order valence-electron chi connectivity index (χ4n) is 3.80. The van der Waals surface area contributed by atoms with Crippen molar-refractivity contribution in [3.8, 4) is 0 Å². The standard InChI is InChI=1S/C26H30N4O5/c1-3-22(31)29-25(30-26(34)35-2)28-21-16-19(23(32)17-10-6-4-7-11-17)14-15-20(21)27-24(33)18-12-8-5-9-13-18/h4,6-7,10-11,14-16,18H,3,5,8-9,12-13H2,1-2H3,(H,27,33)(H2,28,29,30,31,34). The maximum Gasteiger partial charge on any atom is 0.413 e. The van der Waals surface area contributed by atoms with Crippen molar-refractivity contribution in [3.63, 3.8) is 0 Å². The zero-order chi connectivity index (χ0) is 25.2. The number of hydrogen-bond donors (Lipinski definition) is 3. The molecule has 0 bridgehead atoms. The van der Waals surface area contributed by atoms with Gasteiger partial charge in [-0.1, -0.05) is 56.5 Å². The van der Waals surface area contributed by atoms with Gasteiger partial charge in [0.25, 0.3) is 0 Å². The van der Waals surface area contributed by atoms with Crippen molar-refractivity contribution < 1.29 is 23.9 Å². The molecular formula is C26H30N4O5. The van der Waals surface area contributed by atoms with Gasteiger partial charge >= 0.3 is 6.09 Å². The molecule has 0 unspecified atom stereocenters. The molecule has 2 aromatic carbocycles. The highest BCUT2D eigenvalue weighted by atomic mass is 16.5. The summed E-state index contributed by atoms with van der Waals surface area (Å²) in [5.41, 5.74) is 1.40. The highest BCUT2D eigenvalue weighted by Gasteiger charge is 2.23. The molecule has 0 aliphatic heterocycles. The van der Waals surface area contributed by atoms with E-state index >= 15 is 0 Å². The Labute approximate surface area is 204 Å². The summed E-state index contributed by atoms with van der Waals surface area (Å²) >= 11 is 0. The topological polar surface area (TPSA) is 126 Å². The predicted molar refractivity (Wildman–Crippen MR) is 133 cm³/mol. The Kier molecular flexibility index (Phi) is 9.11. The van der Waals surface area contributed by atoms with Crippen LogP contribution in [0.25, 0.3) is 0 Å². The summed E-state index contributed by atoms with van der Waals surface area (Å²) in [6.45, 7) is 1.65. The van der Waals surface area contributed by atoms with E-state index in [1.54, 1.807) is 43.3 Å². The highest BCUT2D eigenvalue weighted by Crippen LogP contribution is 2.30. The zero-order valence-electron chi connectivity index (χ0n) is 19.9. The number of amides is 3. The molecule has 9 heteroatoms. The molecule has 1 aliphatic carbocycles. The number of carbonyl (C=O) groups excluding carboxylic acids is 4. The van der Waals surface area contributed by atoms with Crippen molar-refractivity contribution in [2.45, 2.75) is 45.4 Å². The summed E-state index contributed by atoms with van der Waals surface area (Å²) in [5, 5.41) is 7.78. The molecule has 0 saturated heterocycles. The summed E-state index contributed by atoms with van der Waals surface area (Å²) in [6.07, 6.45) is 4.08. The normalized spacial score (nSPS) is 14.1. The number of aliphatic imine (C=N–C) groups is 1. The molecule has 0 radical (unpaired) electrons. The second-order valence-corrected chi connectivity index (χ2v) is 8.23. The number of guanidine groups is 1. The van der Waals surface area contributed by atoms with Crippen molar-refractivity contribution in [2.75, 3.05) is 12.4 Å². The predicted octanol–water partition coefficient (Wildman–Crippen LogP) is 4.31. The number of anilines is 1. The molecule has 3 N–H and O–H groups in total. The van der Waals surface area contributed by atoms with Crippen molar-refractivity contribution in [1.82, 2.24) is 10.6 Å². The Morgan fingerprint density at radius 3 is 2.31 bits per heavy atom. The third kappa shape index (κ3) is 7.23. The number of ether oxygens (including phenoxy) is 1. The number of alkyl carbamates (subject to hydrolysis) is 1. The maximum atomic E-state index is 13.0. The number of carbonyl (C=O) groups is 4. The maximum absolute atomic E-state index is 13.0. The summed E-state index contributed by atoms with van der Waals surface area (Å²) in [4.78, 5) is 54.1. The van der Waals surface area contributed by atoms with E-state index in [2.05, 4.69) is 25.7 Å². The Morgan fingerprint density at radius 1 is 0.943 bits per heavy atom. The molecule has 9 nitrogen and oxygen atoms in total. The summed E-state index contributed by atoms with van der Waals surface area (Å²) in [6, 6.07) is 13.5. The van der Waals surface area contributed by atoms with Gasteiger partial charge in [0.1, 0.15) is 0 Å². The van der Waals surface area contributed by atoms with Gasteiger partial charge in [-0.3, -0.25) is 25.0 Å². The fourth-order valence-corrected chi connectivity index (χ4v) is 3.80. The summed E-state index contributed by atoms with van der Waals surface area (Å²) in [5.74, 6) is -1.01. The number of hydrogen-bond acceptors (Lipinski definition) is 6. The molecule has 35 heavy (non-hydrogen) atoms. The lowest BCUT2D eigenvalue weighted by Crippen LogP contribution is -2.43. The van der Waals surface area contributed by atoms with Crippen molar-refractivity contribution in [1.29, 1.82) is 0 Å².